The fraction of sp³-hybridized carbons (Fsp3) is 0.846. The maximum atomic E-state index is 12.1. The summed E-state index contributed by atoms with van der Waals surface area (Å²) in [6.45, 7) is 6.17. The molecule has 2 atom stereocenters. The zero-order valence-electron chi connectivity index (χ0n) is 11.3. The molecule has 1 saturated heterocycles. The van der Waals surface area contributed by atoms with Gasteiger partial charge in [0, 0.05) is 19.5 Å². The molecule has 1 aliphatic rings. The minimum absolute atomic E-state index is 0.00722. The van der Waals surface area contributed by atoms with Gasteiger partial charge in [-0.15, -0.1) is 0 Å². The van der Waals surface area contributed by atoms with Crippen LogP contribution in [-0.2, 0) is 9.59 Å². The van der Waals surface area contributed by atoms with Crippen LogP contribution in [0.25, 0.3) is 0 Å². The number of aliphatic hydroxyl groups excluding tert-OH is 1. The van der Waals surface area contributed by atoms with Gasteiger partial charge in [0.2, 0.25) is 5.91 Å². The molecule has 1 aliphatic heterocycles. The van der Waals surface area contributed by atoms with E-state index in [0.717, 1.165) is 6.42 Å². The number of rotatable bonds is 4. The smallest absolute Gasteiger partial charge is 0.310 e. The average Bonchev–Trinajstić information content (AvgIpc) is 2.28. The summed E-state index contributed by atoms with van der Waals surface area (Å²) < 4.78 is 0. The van der Waals surface area contributed by atoms with Gasteiger partial charge in [0.1, 0.15) is 0 Å². The molecule has 0 saturated carbocycles. The van der Waals surface area contributed by atoms with Crippen molar-refractivity contribution in [3.8, 4) is 0 Å². The Morgan fingerprint density at radius 1 is 1.44 bits per heavy atom. The number of nitrogens with zero attached hydrogens (tertiary/aromatic N) is 1. The number of carbonyl (C=O) groups excluding carboxylic acids is 1. The Hall–Kier alpha value is -1.10. The van der Waals surface area contributed by atoms with E-state index in [-0.39, 0.29) is 18.2 Å². The molecule has 104 valence electrons. The topological polar surface area (TPSA) is 77.8 Å². The number of amides is 1. The molecule has 0 radical (unpaired) electrons. The number of carboxylic acid groups (broad SMARTS) is 1. The first-order valence-corrected chi connectivity index (χ1v) is 6.46. The van der Waals surface area contributed by atoms with Gasteiger partial charge in [-0.3, -0.25) is 9.59 Å². The molecule has 2 N–H and O–H groups in total. The van der Waals surface area contributed by atoms with Gasteiger partial charge < -0.3 is 15.1 Å². The average molecular weight is 257 g/mol. The van der Waals surface area contributed by atoms with Gasteiger partial charge in [-0.1, -0.05) is 13.8 Å². The molecule has 1 amide bonds. The van der Waals surface area contributed by atoms with Gasteiger partial charge in [0.25, 0.3) is 0 Å². The molecule has 5 nitrogen and oxygen atoms in total. The lowest BCUT2D eigenvalue weighted by atomic mass is 9.76. The van der Waals surface area contributed by atoms with E-state index in [2.05, 4.69) is 0 Å². The molecule has 0 aromatic carbocycles. The summed E-state index contributed by atoms with van der Waals surface area (Å²) in [6, 6.07) is 0. The molecular weight excluding hydrogens is 234 g/mol. The SMILES string of the molecule is CC(C)C(C)(CC(=O)N1CCC[C@H](O)C1)C(=O)O. The van der Waals surface area contributed by atoms with Crippen LogP contribution in [0.2, 0.25) is 0 Å². The van der Waals surface area contributed by atoms with E-state index in [1.165, 1.54) is 0 Å². The second-order valence-electron chi connectivity index (χ2n) is 5.69. The minimum Gasteiger partial charge on any atom is -0.481 e. The maximum Gasteiger partial charge on any atom is 0.310 e. The highest BCUT2D eigenvalue weighted by Crippen LogP contribution is 2.32. The molecule has 0 aromatic heterocycles. The van der Waals surface area contributed by atoms with E-state index in [0.29, 0.717) is 19.5 Å². The van der Waals surface area contributed by atoms with Crippen molar-refractivity contribution < 1.29 is 19.8 Å². The van der Waals surface area contributed by atoms with E-state index in [9.17, 15) is 19.8 Å². The predicted molar refractivity (Wildman–Crippen MR) is 67.0 cm³/mol. The van der Waals surface area contributed by atoms with Crippen molar-refractivity contribution in [2.75, 3.05) is 13.1 Å². The number of piperidine rings is 1. The van der Waals surface area contributed by atoms with Crippen LogP contribution in [0.15, 0.2) is 0 Å². The number of aliphatic carboxylic acids is 1. The summed E-state index contributed by atoms with van der Waals surface area (Å²) in [5, 5.41) is 18.8. The highest BCUT2D eigenvalue weighted by molar-refractivity contribution is 5.85. The first-order chi connectivity index (χ1) is 8.27. The zero-order chi connectivity index (χ0) is 13.9. The fourth-order valence-corrected chi connectivity index (χ4v) is 2.13. The highest BCUT2D eigenvalue weighted by Gasteiger charge is 2.40. The van der Waals surface area contributed by atoms with Crippen molar-refractivity contribution >= 4 is 11.9 Å². The third-order valence-corrected chi connectivity index (χ3v) is 4.03. The Bertz CT molecular complexity index is 329. The molecule has 18 heavy (non-hydrogen) atoms. The Balaban J connectivity index is 2.70. The number of aliphatic hydroxyl groups is 1. The third-order valence-electron chi connectivity index (χ3n) is 4.03. The fourth-order valence-electron chi connectivity index (χ4n) is 2.13. The van der Waals surface area contributed by atoms with Crippen molar-refractivity contribution in [1.29, 1.82) is 0 Å². The summed E-state index contributed by atoms with van der Waals surface area (Å²) in [6.07, 6.45) is 1.01. The Labute approximate surface area is 108 Å². The van der Waals surface area contributed by atoms with Gasteiger partial charge in [0.15, 0.2) is 0 Å². The van der Waals surface area contributed by atoms with Gasteiger partial charge in [-0.25, -0.2) is 0 Å². The van der Waals surface area contributed by atoms with Gasteiger partial charge in [-0.2, -0.15) is 0 Å². The molecule has 1 rings (SSSR count). The lowest BCUT2D eigenvalue weighted by Gasteiger charge is -2.34. The van der Waals surface area contributed by atoms with Gasteiger partial charge in [-0.05, 0) is 25.7 Å². The van der Waals surface area contributed by atoms with Crippen LogP contribution in [0.4, 0.5) is 0 Å². The monoisotopic (exact) mass is 257 g/mol. The van der Waals surface area contributed by atoms with E-state index in [1.54, 1.807) is 11.8 Å². The summed E-state index contributed by atoms with van der Waals surface area (Å²) in [4.78, 5) is 25.0. The van der Waals surface area contributed by atoms with Gasteiger partial charge in [0.05, 0.1) is 11.5 Å². The molecule has 0 spiro atoms. The second kappa shape index (κ2) is 5.69. The van der Waals surface area contributed by atoms with E-state index in [4.69, 9.17) is 0 Å². The summed E-state index contributed by atoms with van der Waals surface area (Å²) in [7, 11) is 0. The lowest BCUT2D eigenvalue weighted by Crippen LogP contribution is -2.46. The minimum atomic E-state index is -1.04. The van der Waals surface area contributed by atoms with Crippen molar-refractivity contribution in [3.63, 3.8) is 0 Å². The standard InChI is InChI=1S/C13H23NO4/c1-9(2)13(3,12(17)18)7-11(16)14-6-4-5-10(15)8-14/h9-10,15H,4-8H2,1-3H3,(H,17,18)/t10-,13?/m0/s1. The normalized spacial score (nSPS) is 23.8. The molecule has 0 bridgehead atoms. The Morgan fingerprint density at radius 2 is 2.06 bits per heavy atom. The first kappa shape index (κ1) is 15.0. The number of carboxylic acids is 1. The molecule has 0 aliphatic carbocycles. The largest absolute Gasteiger partial charge is 0.481 e. The molecular formula is C13H23NO4. The van der Waals surface area contributed by atoms with E-state index in [1.807, 2.05) is 13.8 Å². The quantitative estimate of drug-likeness (QED) is 0.790. The molecule has 1 fully saturated rings. The Morgan fingerprint density at radius 3 is 2.50 bits per heavy atom. The van der Waals surface area contributed by atoms with Crippen molar-refractivity contribution in [2.24, 2.45) is 11.3 Å². The van der Waals surface area contributed by atoms with Gasteiger partial charge >= 0.3 is 5.97 Å². The maximum absolute atomic E-state index is 12.1. The van der Waals surface area contributed by atoms with Crippen molar-refractivity contribution in [2.45, 2.75) is 46.1 Å². The number of carbonyl (C=O) groups is 2. The number of hydrogen-bond acceptors (Lipinski definition) is 3. The van der Waals surface area contributed by atoms with Crippen LogP contribution < -0.4 is 0 Å². The van der Waals surface area contributed by atoms with Crippen LogP contribution >= 0.6 is 0 Å². The summed E-state index contributed by atoms with van der Waals surface area (Å²) in [5.74, 6) is -1.23. The summed E-state index contributed by atoms with van der Waals surface area (Å²) in [5.41, 5.74) is -1.04. The number of likely N-dealkylation sites (tertiary alicyclic amines) is 1. The molecule has 0 aromatic rings. The molecule has 1 heterocycles. The molecule has 1 unspecified atom stereocenters. The van der Waals surface area contributed by atoms with Crippen LogP contribution in [0.3, 0.4) is 0 Å². The van der Waals surface area contributed by atoms with E-state index < -0.39 is 17.5 Å². The lowest BCUT2D eigenvalue weighted by molar-refractivity contribution is -0.156. The van der Waals surface area contributed by atoms with Crippen LogP contribution in [0, 0.1) is 11.3 Å². The molecule has 5 heteroatoms. The van der Waals surface area contributed by atoms with Crippen LogP contribution in [-0.4, -0.2) is 46.2 Å². The number of β-amino-alcohol motifs (C(OH)–C–C–N with tert-alkyl or cyclic N) is 1. The van der Waals surface area contributed by atoms with Crippen molar-refractivity contribution in [1.82, 2.24) is 4.90 Å². The predicted octanol–water partition coefficient (Wildman–Crippen LogP) is 1.11. The Kier molecular flexibility index (Phi) is 4.73. The van der Waals surface area contributed by atoms with Crippen LogP contribution in [0.5, 0.6) is 0 Å². The highest BCUT2D eigenvalue weighted by atomic mass is 16.4. The van der Waals surface area contributed by atoms with Crippen LogP contribution in [0.1, 0.15) is 40.0 Å². The zero-order valence-corrected chi connectivity index (χ0v) is 11.3. The van der Waals surface area contributed by atoms with Crippen molar-refractivity contribution in [3.05, 3.63) is 0 Å². The summed E-state index contributed by atoms with van der Waals surface area (Å²) >= 11 is 0. The third kappa shape index (κ3) is 3.22. The second-order valence-corrected chi connectivity index (χ2v) is 5.69. The van der Waals surface area contributed by atoms with E-state index >= 15 is 0 Å². The number of hydrogen-bond donors (Lipinski definition) is 2. The first-order valence-electron chi connectivity index (χ1n) is 6.46.